The van der Waals surface area contributed by atoms with Gasteiger partial charge in [-0.25, -0.2) is 0 Å². The maximum absolute atomic E-state index is 14.2. The van der Waals surface area contributed by atoms with E-state index in [9.17, 15) is 105 Å². The summed E-state index contributed by atoms with van der Waals surface area (Å²) in [4.78, 5) is 0. The first-order chi connectivity index (χ1) is 47.5. The highest BCUT2D eigenvalue weighted by Crippen LogP contribution is 2.42. The first-order valence-corrected chi connectivity index (χ1v) is 34.4. The van der Waals surface area contributed by atoms with Crippen LogP contribution in [0.2, 0.25) is 0 Å². The van der Waals surface area contributed by atoms with Crippen molar-refractivity contribution in [3.8, 4) is 23.4 Å². The molecule has 0 bridgehead atoms. The second kappa shape index (κ2) is 34.0. The summed E-state index contributed by atoms with van der Waals surface area (Å²) in [5.74, 6) is 2.61. The van der Waals surface area contributed by atoms with Gasteiger partial charge in [0.2, 0.25) is 0 Å². The molecular weight excluding hydrogens is 1520 g/mol. The van der Waals surface area contributed by atoms with Gasteiger partial charge in [0.15, 0.2) is 0 Å². The molecule has 8 rings (SSSR count). The van der Waals surface area contributed by atoms with Crippen LogP contribution in [0.4, 0.5) is 105 Å². The van der Waals surface area contributed by atoms with Crippen molar-refractivity contribution in [3.63, 3.8) is 0 Å². The average Bonchev–Trinajstić information content (AvgIpc) is 0.776. The third kappa shape index (κ3) is 23.3. The van der Waals surface area contributed by atoms with Crippen molar-refractivity contribution in [1.82, 2.24) is 0 Å². The zero-order valence-electron chi connectivity index (χ0n) is 54.2. The Morgan fingerprint density at radius 2 is 0.490 bits per heavy atom. The third-order valence-corrected chi connectivity index (χ3v) is 18.9. The minimum absolute atomic E-state index is 0.510. The fraction of sp³-hybridized carbons (Fsp3) is 0.389. The summed E-state index contributed by atoms with van der Waals surface area (Å²) in [5.41, 5.74) is -27.5. The summed E-state index contributed by atoms with van der Waals surface area (Å²) in [5, 5.41) is 0. The van der Waals surface area contributed by atoms with Gasteiger partial charge in [-0.3, -0.25) is 0 Å². The van der Waals surface area contributed by atoms with Crippen molar-refractivity contribution < 1.29 is 145 Å². The third-order valence-electron chi connectivity index (χ3n) is 16.6. The average molecular weight is 1590 g/mol. The molecule has 0 atom stereocenters. The van der Waals surface area contributed by atoms with Crippen LogP contribution in [0.3, 0.4) is 0 Å². The lowest BCUT2D eigenvalue weighted by Gasteiger charge is -2.46. The van der Waals surface area contributed by atoms with Gasteiger partial charge in [-0.15, -0.1) is 0 Å². The predicted octanol–water partition coefficient (Wildman–Crippen LogP) is 21.2. The standard InChI is InChI=1S/C40H54IO4.C32H12BF24/c1-3-5-7-9-11-13-15-17-19-33-21-25-35(26-22-33)42-39-31-29-37(44-39)41-38-30-32-40(45-38)43-36-27-23-34(24-28-36)20-18-16-14-12-10-8-6-4-2;34-25(35,36)13-1-14(26(37,38)39)6-21(5-13)33(22-7-15(27(40,41)42)2-16(8-22)28(43,44)45,23-9-17(29(46,47)48)3-18(10-23)30(49,50)51)24-11-19(31(52,53)54)4-20(12-24)32(55,56)57/h21-32H,3-20H2,1-2H3;1-12H/q+1;-1. The Labute approximate surface area is 581 Å². The number of hydrogen-bond acceptors (Lipinski definition) is 4. The molecule has 0 radical (unpaired) electrons. The summed E-state index contributed by atoms with van der Waals surface area (Å²) in [7, 11) is 0. The molecule has 0 amide bonds. The molecule has 8 aromatic rings. The van der Waals surface area contributed by atoms with Crippen LogP contribution in [0.5, 0.6) is 23.4 Å². The highest BCUT2D eigenvalue weighted by molar-refractivity contribution is 7.20. The lowest BCUT2D eigenvalue weighted by atomic mass is 9.12. The van der Waals surface area contributed by atoms with Gasteiger partial charge in [0.25, 0.3) is 11.9 Å². The number of unbranched alkanes of at least 4 members (excludes halogenated alkanes) is 14. The molecule has 0 saturated carbocycles. The summed E-state index contributed by atoms with van der Waals surface area (Å²) in [6.45, 7) is 4.55. The molecule has 0 saturated heterocycles. The van der Waals surface area contributed by atoms with Crippen molar-refractivity contribution in [2.24, 2.45) is 0 Å². The van der Waals surface area contributed by atoms with Gasteiger partial charge in [-0.1, -0.05) is 177 Å². The highest BCUT2D eigenvalue weighted by atomic mass is 127. The molecule has 0 spiro atoms. The Kier molecular flexibility index (Phi) is 27.3. The summed E-state index contributed by atoms with van der Waals surface area (Å²) in [6, 6.07) is 15.8. The second-order valence-corrected chi connectivity index (χ2v) is 27.0. The van der Waals surface area contributed by atoms with E-state index in [1.54, 1.807) is 0 Å². The van der Waals surface area contributed by atoms with Crippen molar-refractivity contribution in [2.45, 2.75) is 179 Å². The molecule has 6 aromatic carbocycles. The maximum Gasteiger partial charge on any atom is 0.443 e. The Bertz CT molecular complexity index is 3430. The fourth-order valence-corrected chi connectivity index (χ4v) is 13.5. The van der Waals surface area contributed by atoms with E-state index in [1.807, 2.05) is 48.5 Å². The number of halogens is 25. The first kappa shape index (κ1) is 81.9. The van der Waals surface area contributed by atoms with E-state index >= 15 is 0 Å². The van der Waals surface area contributed by atoms with Crippen molar-refractivity contribution in [3.05, 3.63) is 209 Å². The maximum atomic E-state index is 14.2. The van der Waals surface area contributed by atoms with Gasteiger partial charge in [-0.2, -0.15) is 127 Å². The van der Waals surface area contributed by atoms with Crippen LogP contribution in [-0.2, 0) is 62.3 Å². The number of rotatable bonds is 28. The highest BCUT2D eigenvalue weighted by Gasteiger charge is 2.47. The van der Waals surface area contributed by atoms with E-state index in [1.165, 1.54) is 114 Å². The Morgan fingerprint density at radius 3 is 0.706 bits per heavy atom. The molecular formula is C72H66BF24IO4. The van der Waals surface area contributed by atoms with Crippen LogP contribution < -0.4 is 52.5 Å². The number of furan rings is 2. The van der Waals surface area contributed by atoms with E-state index in [0.717, 1.165) is 31.9 Å². The minimum Gasteiger partial charge on any atom is -0.426 e. The molecule has 0 unspecified atom stereocenters. The van der Waals surface area contributed by atoms with Crippen LogP contribution >= 0.6 is 0 Å². The molecule has 30 heteroatoms. The van der Waals surface area contributed by atoms with Gasteiger partial charge < -0.3 is 18.3 Å². The normalized spacial score (nSPS) is 13.0. The molecule has 102 heavy (non-hydrogen) atoms. The van der Waals surface area contributed by atoms with Crippen LogP contribution in [-0.4, -0.2) is 6.15 Å². The molecule has 0 aliphatic heterocycles. The number of alkyl halides is 24. The monoisotopic (exact) mass is 1590 g/mol. The van der Waals surface area contributed by atoms with Crippen molar-refractivity contribution >= 4 is 28.0 Å². The second-order valence-electron chi connectivity index (χ2n) is 24.4. The predicted molar refractivity (Wildman–Crippen MR) is 331 cm³/mol. The summed E-state index contributed by atoms with van der Waals surface area (Å²) >= 11 is -0.617. The quantitative estimate of drug-likeness (QED) is 0.0212. The Morgan fingerprint density at radius 1 is 0.275 bits per heavy atom. The number of hydrogen-bond donors (Lipinski definition) is 0. The van der Waals surface area contributed by atoms with Crippen LogP contribution in [0.15, 0.2) is 154 Å². The van der Waals surface area contributed by atoms with Gasteiger partial charge in [0, 0.05) is 24.3 Å². The topological polar surface area (TPSA) is 44.7 Å². The van der Waals surface area contributed by atoms with Gasteiger partial charge in [-0.05, 0) is 85.3 Å². The van der Waals surface area contributed by atoms with Gasteiger partial charge in [0.1, 0.15) is 17.6 Å². The van der Waals surface area contributed by atoms with Gasteiger partial charge in [0.05, 0.1) is 44.5 Å². The fourth-order valence-electron chi connectivity index (χ4n) is 11.6. The van der Waals surface area contributed by atoms with E-state index in [2.05, 4.69) is 38.1 Å². The number of ether oxygens (including phenoxy) is 2. The first-order valence-electron chi connectivity index (χ1n) is 32.2. The number of aryl methyl sites for hydroxylation is 2. The SMILES string of the molecule is CCCCCCCCCCc1ccc(Oc2ccc([I+]c3ccc(Oc4ccc(CCCCCCCCCC)cc4)o3)o2)cc1.FC(F)(F)c1cc([B-](c2cc(C(F)(F)F)cc(C(F)(F)F)c2)(c2cc(C(F)(F)F)cc(C(F)(F)F)c2)c2cc(C(F)(F)F)cc(C(F)(F)F)c2)cc(C(F)(F)F)c1. The zero-order valence-corrected chi connectivity index (χ0v) is 56.4. The molecule has 0 N–H and O–H groups in total. The zero-order chi connectivity index (χ0) is 75.3. The molecule has 556 valence electrons. The van der Waals surface area contributed by atoms with E-state index in [4.69, 9.17) is 18.3 Å². The molecule has 4 nitrogen and oxygen atoms in total. The molecule has 0 aliphatic rings. The van der Waals surface area contributed by atoms with E-state index in [-0.39, 0.29) is 0 Å². The summed E-state index contributed by atoms with van der Waals surface area (Å²) in [6.07, 6.45) is -31.0. The lowest BCUT2D eigenvalue weighted by molar-refractivity contribution is -0.636. The largest absolute Gasteiger partial charge is 0.443 e. The Hall–Kier alpha value is -7.41. The van der Waals surface area contributed by atoms with E-state index in [0.29, 0.717) is 11.9 Å². The van der Waals surface area contributed by atoms with Crippen LogP contribution in [0.1, 0.15) is 172 Å². The van der Waals surface area contributed by atoms with Crippen LogP contribution in [0.25, 0.3) is 0 Å². The Balaban J connectivity index is 0.000000294. The van der Waals surface area contributed by atoms with Crippen molar-refractivity contribution in [2.75, 3.05) is 0 Å². The van der Waals surface area contributed by atoms with E-state index < -0.39 is 216 Å². The molecule has 0 fully saturated rings. The smallest absolute Gasteiger partial charge is 0.426 e. The summed E-state index contributed by atoms with van der Waals surface area (Å²) < 4.78 is 367. The lowest BCUT2D eigenvalue weighted by Crippen LogP contribution is -3.61. The van der Waals surface area contributed by atoms with Crippen molar-refractivity contribution in [1.29, 1.82) is 0 Å². The minimum atomic E-state index is -6.13. The molecule has 2 heterocycles. The number of benzene rings is 6. The molecule has 0 aliphatic carbocycles. The van der Waals surface area contributed by atoms with Crippen LogP contribution in [0, 0.1) is 7.53 Å². The van der Waals surface area contributed by atoms with Gasteiger partial charge >= 0.3 is 78.1 Å². The molecule has 2 aromatic heterocycles.